The quantitative estimate of drug-likeness (QED) is 0.639. The molecule has 0 rings (SSSR count). The van der Waals surface area contributed by atoms with Gasteiger partial charge in [-0.05, 0) is 31.3 Å². The fourth-order valence-electron chi connectivity index (χ4n) is 1.87. The Morgan fingerprint density at radius 1 is 1.00 bits per heavy atom. The summed E-state index contributed by atoms with van der Waals surface area (Å²) in [4.78, 5) is 2.50. The Morgan fingerprint density at radius 2 is 1.60 bits per heavy atom. The van der Waals surface area contributed by atoms with Gasteiger partial charge in [0.15, 0.2) is 0 Å². The highest BCUT2D eigenvalue weighted by molar-refractivity contribution is 4.73. The zero-order chi connectivity index (χ0) is 11.7. The Bertz CT molecular complexity index is 135. The van der Waals surface area contributed by atoms with Gasteiger partial charge in [-0.2, -0.15) is 0 Å². The highest BCUT2D eigenvalue weighted by Gasteiger charge is 2.20. The maximum Gasteiger partial charge on any atom is 0.0105 e. The molecule has 2 N–H and O–H groups in total. The van der Waals surface area contributed by atoms with E-state index in [2.05, 4.69) is 32.6 Å². The van der Waals surface area contributed by atoms with Crippen LogP contribution in [0.2, 0.25) is 0 Å². The molecule has 0 amide bonds. The van der Waals surface area contributed by atoms with E-state index in [0.717, 1.165) is 13.1 Å². The number of nitrogens with zero attached hydrogens (tertiary/aromatic N) is 1. The second-order valence-corrected chi connectivity index (χ2v) is 4.90. The van der Waals surface area contributed by atoms with Gasteiger partial charge in [0.2, 0.25) is 0 Å². The van der Waals surface area contributed by atoms with Crippen LogP contribution < -0.4 is 5.73 Å². The number of rotatable bonds is 9. The lowest BCUT2D eigenvalue weighted by atomic mass is 9.81. The summed E-state index contributed by atoms with van der Waals surface area (Å²) in [6, 6.07) is 0. The van der Waals surface area contributed by atoms with Crippen molar-refractivity contribution in [2.45, 2.75) is 53.4 Å². The van der Waals surface area contributed by atoms with Gasteiger partial charge in [-0.15, -0.1) is 0 Å². The largest absolute Gasteiger partial charge is 0.329 e. The summed E-state index contributed by atoms with van der Waals surface area (Å²) >= 11 is 0. The van der Waals surface area contributed by atoms with Gasteiger partial charge in [0.1, 0.15) is 0 Å². The second kappa shape index (κ2) is 8.12. The molecule has 0 fully saturated rings. The first kappa shape index (κ1) is 14.9. The van der Waals surface area contributed by atoms with Crippen molar-refractivity contribution < 1.29 is 0 Å². The summed E-state index contributed by atoms with van der Waals surface area (Å²) in [7, 11) is 0. The van der Waals surface area contributed by atoms with E-state index in [1.54, 1.807) is 0 Å². The van der Waals surface area contributed by atoms with Crippen molar-refractivity contribution >= 4 is 0 Å². The van der Waals surface area contributed by atoms with Gasteiger partial charge in [-0.3, -0.25) is 0 Å². The zero-order valence-corrected chi connectivity index (χ0v) is 11.2. The van der Waals surface area contributed by atoms with E-state index >= 15 is 0 Å². The van der Waals surface area contributed by atoms with Crippen LogP contribution in [-0.4, -0.2) is 31.1 Å². The molecule has 0 unspecified atom stereocenters. The van der Waals surface area contributed by atoms with Gasteiger partial charge in [0.05, 0.1) is 0 Å². The first-order chi connectivity index (χ1) is 7.11. The summed E-state index contributed by atoms with van der Waals surface area (Å²) in [5.74, 6) is 0. The first-order valence-electron chi connectivity index (χ1n) is 6.54. The van der Waals surface area contributed by atoms with E-state index in [9.17, 15) is 0 Å². The molecular formula is C13H30N2. The van der Waals surface area contributed by atoms with Crippen LogP contribution in [-0.2, 0) is 0 Å². The van der Waals surface area contributed by atoms with E-state index in [1.807, 2.05) is 0 Å². The van der Waals surface area contributed by atoms with Gasteiger partial charge >= 0.3 is 0 Å². The molecule has 0 bridgehead atoms. The van der Waals surface area contributed by atoms with Crippen molar-refractivity contribution in [3.05, 3.63) is 0 Å². The van der Waals surface area contributed by atoms with Gasteiger partial charge in [0.25, 0.3) is 0 Å². The molecule has 0 aromatic rings. The Labute approximate surface area is 96.2 Å². The van der Waals surface area contributed by atoms with Crippen LogP contribution in [0, 0.1) is 5.41 Å². The second-order valence-electron chi connectivity index (χ2n) is 4.90. The minimum atomic E-state index is 0.528. The van der Waals surface area contributed by atoms with Gasteiger partial charge < -0.3 is 10.6 Å². The van der Waals surface area contributed by atoms with Crippen LogP contribution in [0.15, 0.2) is 0 Å². The van der Waals surface area contributed by atoms with Crippen LogP contribution in [0.3, 0.4) is 0 Å². The van der Waals surface area contributed by atoms with E-state index in [0.29, 0.717) is 5.41 Å². The Balaban J connectivity index is 3.95. The minimum Gasteiger partial charge on any atom is -0.329 e. The van der Waals surface area contributed by atoms with Crippen LogP contribution >= 0.6 is 0 Å². The maximum atomic E-state index is 5.62. The van der Waals surface area contributed by atoms with E-state index < -0.39 is 0 Å². The van der Waals surface area contributed by atoms with Crippen LogP contribution in [0.5, 0.6) is 0 Å². The van der Waals surface area contributed by atoms with E-state index in [1.165, 1.54) is 38.8 Å². The lowest BCUT2D eigenvalue weighted by Gasteiger charge is -2.30. The zero-order valence-electron chi connectivity index (χ0n) is 11.2. The molecule has 0 aromatic carbocycles. The smallest absolute Gasteiger partial charge is 0.0105 e. The predicted molar refractivity (Wildman–Crippen MR) is 69.1 cm³/mol. The third-order valence-electron chi connectivity index (χ3n) is 3.72. The fourth-order valence-corrected chi connectivity index (χ4v) is 1.87. The Hall–Kier alpha value is -0.0800. The lowest BCUT2D eigenvalue weighted by molar-refractivity contribution is 0.198. The molecule has 0 aromatic heterocycles. The monoisotopic (exact) mass is 214 g/mol. The summed E-state index contributed by atoms with van der Waals surface area (Å²) in [6.07, 6.45) is 5.10. The van der Waals surface area contributed by atoms with E-state index in [-0.39, 0.29) is 0 Å². The normalized spacial score (nSPS) is 12.4. The molecule has 2 heteroatoms. The van der Waals surface area contributed by atoms with Crippen molar-refractivity contribution in [1.29, 1.82) is 0 Å². The third kappa shape index (κ3) is 6.16. The summed E-state index contributed by atoms with van der Waals surface area (Å²) in [5, 5.41) is 0. The molecule has 0 radical (unpaired) electrons. The highest BCUT2D eigenvalue weighted by atomic mass is 15.1. The summed E-state index contributed by atoms with van der Waals surface area (Å²) in [5.41, 5.74) is 6.15. The highest BCUT2D eigenvalue weighted by Crippen LogP contribution is 2.29. The molecule has 0 aliphatic carbocycles. The number of nitrogens with two attached hydrogens (primary N) is 1. The lowest BCUT2D eigenvalue weighted by Crippen LogP contribution is -2.33. The Kier molecular flexibility index (Phi) is 8.07. The SMILES string of the molecule is CCCN(CCN)CCC(C)(CC)CC. The average Bonchev–Trinajstić information content (AvgIpc) is 2.26. The van der Waals surface area contributed by atoms with Gasteiger partial charge in [-0.1, -0.05) is 40.5 Å². The van der Waals surface area contributed by atoms with Crippen molar-refractivity contribution in [2.75, 3.05) is 26.2 Å². The summed E-state index contributed by atoms with van der Waals surface area (Å²) < 4.78 is 0. The van der Waals surface area contributed by atoms with Crippen molar-refractivity contribution in [3.8, 4) is 0 Å². The van der Waals surface area contributed by atoms with Crippen molar-refractivity contribution in [2.24, 2.45) is 11.1 Å². The molecule has 0 aliphatic heterocycles. The number of hydrogen-bond donors (Lipinski definition) is 1. The molecule has 0 heterocycles. The van der Waals surface area contributed by atoms with Crippen LogP contribution in [0.25, 0.3) is 0 Å². The van der Waals surface area contributed by atoms with Crippen molar-refractivity contribution in [3.63, 3.8) is 0 Å². The minimum absolute atomic E-state index is 0.528. The molecule has 0 saturated carbocycles. The average molecular weight is 214 g/mol. The molecular weight excluding hydrogens is 184 g/mol. The van der Waals surface area contributed by atoms with Gasteiger partial charge in [-0.25, -0.2) is 0 Å². The first-order valence-corrected chi connectivity index (χ1v) is 6.54. The Morgan fingerprint density at radius 3 is 2.00 bits per heavy atom. The molecule has 92 valence electrons. The molecule has 15 heavy (non-hydrogen) atoms. The third-order valence-corrected chi connectivity index (χ3v) is 3.72. The molecule has 0 aliphatic rings. The molecule has 0 saturated heterocycles. The predicted octanol–water partition coefficient (Wildman–Crippen LogP) is 2.87. The molecule has 0 spiro atoms. The topological polar surface area (TPSA) is 29.3 Å². The van der Waals surface area contributed by atoms with E-state index in [4.69, 9.17) is 5.73 Å². The standard InChI is InChI=1S/C13H30N2/c1-5-10-15(12-9-14)11-8-13(4,6-2)7-3/h5-12,14H2,1-4H3. The van der Waals surface area contributed by atoms with Gasteiger partial charge in [0, 0.05) is 13.1 Å². The van der Waals surface area contributed by atoms with Crippen LogP contribution in [0.1, 0.15) is 53.4 Å². The number of hydrogen-bond acceptors (Lipinski definition) is 2. The maximum absolute atomic E-state index is 5.62. The molecule has 2 nitrogen and oxygen atoms in total. The summed E-state index contributed by atoms with van der Waals surface area (Å²) in [6.45, 7) is 13.5. The molecule has 0 atom stereocenters. The van der Waals surface area contributed by atoms with Crippen LogP contribution in [0.4, 0.5) is 0 Å². The van der Waals surface area contributed by atoms with Crippen molar-refractivity contribution in [1.82, 2.24) is 4.90 Å². The fraction of sp³-hybridized carbons (Fsp3) is 1.00.